The number of aliphatic hydroxyl groups excluding tert-OH is 1. The lowest BCUT2D eigenvalue weighted by molar-refractivity contribution is -0.688. The SMILES string of the molecule is CC(=O)N1CCOc2ccc(OCC(O)C[NH2+]C(C)C)cc21.O=C([O-])/C=C/C(=O)O. The van der Waals surface area contributed by atoms with Gasteiger partial charge in [-0.3, -0.25) is 4.79 Å². The van der Waals surface area contributed by atoms with Crippen molar-refractivity contribution in [2.45, 2.75) is 32.9 Å². The normalized spacial score (nSPS) is 13.7. The number of benzene rings is 1. The minimum absolute atomic E-state index is 0.0201. The van der Waals surface area contributed by atoms with Crippen molar-refractivity contribution in [2.24, 2.45) is 0 Å². The van der Waals surface area contributed by atoms with Crippen LogP contribution in [0.1, 0.15) is 20.8 Å². The number of aliphatic carboxylic acids is 2. The Hall–Kier alpha value is -3.11. The molecule has 10 heteroatoms. The Morgan fingerprint density at radius 3 is 2.57 bits per heavy atom. The number of carboxylic acid groups (broad SMARTS) is 2. The molecule has 1 amide bonds. The Bertz CT molecular complexity index is 747. The summed E-state index contributed by atoms with van der Waals surface area (Å²) in [6, 6.07) is 5.82. The highest BCUT2D eigenvalue weighted by Gasteiger charge is 2.22. The van der Waals surface area contributed by atoms with Gasteiger partial charge in [0.1, 0.15) is 37.4 Å². The Kier molecular flexibility index (Phi) is 10.3. The van der Waals surface area contributed by atoms with Crippen molar-refractivity contribution >= 4 is 23.5 Å². The van der Waals surface area contributed by atoms with E-state index in [0.29, 0.717) is 49.4 Å². The van der Waals surface area contributed by atoms with E-state index in [0.717, 1.165) is 5.69 Å². The molecular formula is C20H28N2O8. The van der Waals surface area contributed by atoms with Gasteiger partial charge in [0, 0.05) is 19.1 Å². The van der Waals surface area contributed by atoms with E-state index in [1.54, 1.807) is 23.1 Å². The number of carboxylic acids is 2. The van der Waals surface area contributed by atoms with E-state index in [1.165, 1.54) is 6.92 Å². The average molecular weight is 424 g/mol. The number of ether oxygens (including phenoxy) is 2. The quantitative estimate of drug-likeness (QED) is 0.427. The van der Waals surface area contributed by atoms with Crippen LogP contribution >= 0.6 is 0 Å². The second-order valence-electron chi connectivity index (χ2n) is 6.82. The van der Waals surface area contributed by atoms with Crippen LogP contribution in [0.4, 0.5) is 5.69 Å². The first kappa shape index (κ1) is 24.9. The van der Waals surface area contributed by atoms with E-state index in [2.05, 4.69) is 19.2 Å². The highest BCUT2D eigenvalue weighted by Crippen LogP contribution is 2.35. The number of fused-ring (bicyclic) bond motifs is 1. The second kappa shape index (κ2) is 12.5. The van der Waals surface area contributed by atoms with Gasteiger partial charge < -0.3 is 39.8 Å². The fourth-order valence-corrected chi connectivity index (χ4v) is 2.44. The first-order valence-corrected chi connectivity index (χ1v) is 9.41. The van der Waals surface area contributed by atoms with Crippen LogP contribution in [0, 0.1) is 0 Å². The van der Waals surface area contributed by atoms with Gasteiger partial charge in [-0.25, -0.2) is 4.79 Å². The monoisotopic (exact) mass is 424 g/mol. The summed E-state index contributed by atoms with van der Waals surface area (Å²) in [5, 5.41) is 29.2. The Balaban J connectivity index is 0.000000479. The van der Waals surface area contributed by atoms with Crippen LogP contribution in [0.2, 0.25) is 0 Å². The molecule has 0 radical (unpaired) electrons. The van der Waals surface area contributed by atoms with Crippen molar-refractivity contribution in [2.75, 3.05) is 31.2 Å². The zero-order valence-corrected chi connectivity index (χ0v) is 17.2. The molecule has 0 spiro atoms. The van der Waals surface area contributed by atoms with Crippen molar-refractivity contribution in [3.63, 3.8) is 0 Å². The molecule has 1 aliphatic rings. The molecule has 10 nitrogen and oxygen atoms in total. The first-order valence-electron chi connectivity index (χ1n) is 9.41. The van der Waals surface area contributed by atoms with Gasteiger partial charge in [-0.1, -0.05) is 0 Å². The Labute approximate surface area is 174 Å². The third kappa shape index (κ3) is 9.39. The lowest BCUT2D eigenvalue weighted by Gasteiger charge is -2.29. The summed E-state index contributed by atoms with van der Waals surface area (Å²) in [7, 11) is 0. The fraction of sp³-hybridized carbons (Fsp3) is 0.450. The van der Waals surface area contributed by atoms with Gasteiger partial charge >= 0.3 is 5.97 Å². The number of rotatable bonds is 8. The lowest BCUT2D eigenvalue weighted by atomic mass is 10.2. The predicted molar refractivity (Wildman–Crippen MR) is 105 cm³/mol. The number of quaternary nitrogens is 1. The van der Waals surface area contributed by atoms with E-state index in [-0.39, 0.29) is 12.5 Å². The number of hydrogen-bond donors (Lipinski definition) is 3. The van der Waals surface area contributed by atoms with Crippen LogP contribution in [0.5, 0.6) is 11.5 Å². The fourth-order valence-electron chi connectivity index (χ4n) is 2.44. The number of anilines is 1. The molecule has 0 bridgehead atoms. The number of amides is 1. The van der Waals surface area contributed by atoms with Crippen LogP contribution in [-0.2, 0) is 14.4 Å². The molecule has 0 aromatic heterocycles. The number of carbonyl (C=O) groups is 3. The molecule has 4 N–H and O–H groups in total. The van der Waals surface area contributed by atoms with Crippen LogP contribution in [-0.4, -0.2) is 66.5 Å². The summed E-state index contributed by atoms with van der Waals surface area (Å²) >= 11 is 0. The first-order chi connectivity index (χ1) is 14.1. The molecule has 166 valence electrons. The third-order valence-electron chi connectivity index (χ3n) is 3.86. The van der Waals surface area contributed by atoms with Crippen LogP contribution < -0.4 is 24.8 Å². The van der Waals surface area contributed by atoms with Gasteiger partial charge in [-0.15, -0.1) is 0 Å². The lowest BCUT2D eigenvalue weighted by Crippen LogP contribution is -2.90. The zero-order valence-electron chi connectivity index (χ0n) is 17.2. The molecule has 0 saturated heterocycles. The van der Waals surface area contributed by atoms with Crippen molar-refractivity contribution in [1.82, 2.24) is 0 Å². The van der Waals surface area contributed by atoms with E-state index in [1.807, 2.05) is 0 Å². The van der Waals surface area contributed by atoms with Crippen molar-refractivity contribution in [1.29, 1.82) is 0 Å². The maximum absolute atomic E-state index is 11.7. The van der Waals surface area contributed by atoms with Gasteiger partial charge in [-0.05, 0) is 32.1 Å². The Morgan fingerprint density at radius 2 is 2.03 bits per heavy atom. The van der Waals surface area contributed by atoms with Gasteiger partial charge in [-0.2, -0.15) is 0 Å². The molecule has 1 aromatic rings. The maximum atomic E-state index is 11.7. The minimum Gasteiger partial charge on any atom is -0.545 e. The topological polar surface area (TPSA) is 153 Å². The van der Waals surface area contributed by atoms with Gasteiger partial charge in [0.15, 0.2) is 0 Å². The van der Waals surface area contributed by atoms with Crippen LogP contribution in [0.3, 0.4) is 0 Å². The number of hydrogen-bond acceptors (Lipinski definition) is 7. The third-order valence-corrected chi connectivity index (χ3v) is 3.86. The molecule has 0 fully saturated rings. The average Bonchev–Trinajstić information content (AvgIpc) is 2.68. The van der Waals surface area contributed by atoms with E-state index < -0.39 is 18.0 Å². The summed E-state index contributed by atoms with van der Waals surface area (Å²) in [5.74, 6) is -1.52. The van der Waals surface area contributed by atoms with Crippen molar-refractivity contribution in [3.05, 3.63) is 30.4 Å². The zero-order chi connectivity index (χ0) is 22.7. The standard InChI is InChI=1S/C16H24N2O4.C4H4O4/c1-11(2)17-9-13(20)10-22-14-4-5-16-15(8-14)18(12(3)19)6-7-21-16;5-3(6)1-2-4(7)8/h4-5,8,11,13,17,20H,6-7,9-10H2,1-3H3;1-2H,(H,5,6)(H,7,8)/b;2-1+. The Morgan fingerprint density at radius 1 is 1.33 bits per heavy atom. The molecule has 1 heterocycles. The van der Waals surface area contributed by atoms with Gasteiger partial charge in [0.05, 0.1) is 24.2 Å². The molecule has 30 heavy (non-hydrogen) atoms. The second-order valence-corrected chi connectivity index (χ2v) is 6.82. The molecule has 1 aliphatic heterocycles. The van der Waals surface area contributed by atoms with E-state index >= 15 is 0 Å². The molecule has 1 aromatic carbocycles. The smallest absolute Gasteiger partial charge is 0.328 e. The number of carbonyl (C=O) groups excluding carboxylic acids is 2. The summed E-state index contributed by atoms with van der Waals surface area (Å²) in [6.45, 7) is 7.55. The molecule has 1 unspecified atom stereocenters. The number of aliphatic hydroxyl groups is 1. The van der Waals surface area contributed by atoms with Gasteiger partial charge in [0.2, 0.25) is 5.91 Å². The number of nitrogens with zero attached hydrogens (tertiary/aromatic N) is 1. The molecular weight excluding hydrogens is 396 g/mol. The molecule has 1 atom stereocenters. The summed E-state index contributed by atoms with van der Waals surface area (Å²) in [4.78, 5) is 32.3. The largest absolute Gasteiger partial charge is 0.545 e. The summed E-state index contributed by atoms with van der Waals surface area (Å²) in [5.41, 5.74) is 0.722. The highest BCUT2D eigenvalue weighted by atomic mass is 16.5. The van der Waals surface area contributed by atoms with Crippen molar-refractivity contribution < 1.29 is 44.5 Å². The predicted octanol–water partition coefficient (Wildman–Crippen LogP) is -1.48. The van der Waals surface area contributed by atoms with Crippen LogP contribution in [0.25, 0.3) is 0 Å². The van der Waals surface area contributed by atoms with E-state index in [9.17, 15) is 24.6 Å². The number of nitrogens with two attached hydrogens (primary N) is 1. The molecule has 2 rings (SSSR count). The minimum atomic E-state index is -1.51. The summed E-state index contributed by atoms with van der Waals surface area (Å²) < 4.78 is 11.2. The maximum Gasteiger partial charge on any atom is 0.328 e. The molecule has 0 aliphatic carbocycles. The molecule has 0 saturated carbocycles. The summed E-state index contributed by atoms with van der Waals surface area (Å²) in [6.07, 6.45) is 0.413. The van der Waals surface area contributed by atoms with Crippen LogP contribution in [0.15, 0.2) is 30.4 Å². The van der Waals surface area contributed by atoms with E-state index in [4.69, 9.17) is 14.6 Å². The van der Waals surface area contributed by atoms with Gasteiger partial charge in [0.25, 0.3) is 0 Å². The van der Waals surface area contributed by atoms with Crippen molar-refractivity contribution in [3.8, 4) is 11.5 Å². The highest BCUT2D eigenvalue weighted by molar-refractivity contribution is 5.93.